The molecule has 0 saturated carbocycles. The topological polar surface area (TPSA) is 42.2 Å². The third-order valence-corrected chi connectivity index (χ3v) is 3.88. The van der Waals surface area contributed by atoms with Crippen molar-refractivity contribution in [3.8, 4) is 17.6 Å². The lowest BCUT2D eigenvalue weighted by molar-refractivity contribution is 0.392. The number of benzene rings is 2. The number of ether oxygens (including phenoxy) is 2. The molecule has 0 N–H and O–H groups in total. The first-order valence-corrected chi connectivity index (χ1v) is 6.94. The summed E-state index contributed by atoms with van der Waals surface area (Å²) in [5, 5.41) is 8.88. The molecule has 20 heavy (non-hydrogen) atoms. The van der Waals surface area contributed by atoms with E-state index in [1.54, 1.807) is 26.0 Å². The third kappa shape index (κ3) is 3.46. The van der Waals surface area contributed by atoms with E-state index >= 15 is 0 Å². The molecular weight excluding hydrogens is 270 g/mol. The van der Waals surface area contributed by atoms with Crippen LogP contribution in [0.2, 0.25) is 0 Å². The van der Waals surface area contributed by atoms with Crippen molar-refractivity contribution in [1.82, 2.24) is 0 Å². The summed E-state index contributed by atoms with van der Waals surface area (Å²) in [6.07, 6.45) is 0.407. The molecule has 0 unspecified atom stereocenters. The lowest BCUT2D eigenvalue weighted by Gasteiger charge is -2.10. The van der Waals surface area contributed by atoms with Gasteiger partial charge in [-0.2, -0.15) is 5.26 Å². The van der Waals surface area contributed by atoms with Crippen LogP contribution in [0.3, 0.4) is 0 Å². The first-order valence-electron chi connectivity index (χ1n) is 6.12. The van der Waals surface area contributed by atoms with Gasteiger partial charge >= 0.3 is 0 Å². The zero-order chi connectivity index (χ0) is 14.4. The van der Waals surface area contributed by atoms with Gasteiger partial charge in [0.2, 0.25) is 0 Å². The summed E-state index contributed by atoms with van der Waals surface area (Å²) in [6, 6.07) is 15.9. The fraction of sp³-hybridized carbons (Fsp3) is 0.188. The molecule has 0 spiro atoms. The molecule has 0 bridgehead atoms. The van der Waals surface area contributed by atoms with Gasteiger partial charge in [0.15, 0.2) is 0 Å². The molecule has 0 fully saturated rings. The summed E-state index contributed by atoms with van der Waals surface area (Å²) in [4.78, 5) is 2.09. The van der Waals surface area contributed by atoms with Crippen LogP contribution in [0.25, 0.3) is 0 Å². The Hall–Kier alpha value is -2.12. The second-order valence-electron chi connectivity index (χ2n) is 4.09. The van der Waals surface area contributed by atoms with Crippen LogP contribution in [0.1, 0.15) is 5.56 Å². The van der Waals surface area contributed by atoms with Crippen LogP contribution in [-0.2, 0) is 6.42 Å². The molecule has 4 heteroatoms. The van der Waals surface area contributed by atoms with Crippen LogP contribution < -0.4 is 9.47 Å². The monoisotopic (exact) mass is 285 g/mol. The van der Waals surface area contributed by atoms with Crippen molar-refractivity contribution in [2.45, 2.75) is 16.2 Å². The van der Waals surface area contributed by atoms with Gasteiger partial charge in [-0.25, -0.2) is 0 Å². The molecular formula is C16H15NO2S. The smallest absolute Gasteiger partial charge is 0.123 e. The molecule has 2 rings (SSSR count). The molecule has 0 radical (unpaired) electrons. The molecule has 0 saturated heterocycles. The van der Waals surface area contributed by atoms with E-state index in [1.165, 1.54) is 0 Å². The van der Waals surface area contributed by atoms with Crippen LogP contribution in [-0.4, -0.2) is 14.2 Å². The van der Waals surface area contributed by atoms with Gasteiger partial charge in [0.1, 0.15) is 11.5 Å². The summed E-state index contributed by atoms with van der Waals surface area (Å²) in [7, 11) is 3.26. The highest BCUT2D eigenvalue weighted by Gasteiger charge is 2.07. The summed E-state index contributed by atoms with van der Waals surface area (Å²) < 4.78 is 10.5. The van der Waals surface area contributed by atoms with Gasteiger partial charge in [-0.15, -0.1) is 0 Å². The molecule has 0 aliphatic carbocycles. The zero-order valence-corrected chi connectivity index (χ0v) is 12.2. The van der Waals surface area contributed by atoms with E-state index in [9.17, 15) is 0 Å². The quantitative estimate of drug-likeness (QED) is 0.835. The summed E-state index contributed by atoms with van der Waals surface area (Å²) in [5.74, 6) is 1.51. The van der Waals surface area contributed by atoms with Crippen molar-refractivity contribution < 1.29 is 9.47 Å². The van der Waals surface area contributed by atoms with Gasteiger partial charge in [0, 0.05) is 15.9 Å². The van der Waals surface area contributed by atoms with Crippen molar-refractivity contribution in [2.24, 2.45) is 0 Å². The standard InChI is InChI=1S/C16H15NO2S/c1-18-13-9-14(19-2)11-15(10-13)20-16-6-4-3-5-12(16)7-8-17/h3-6,9-11H,7H2,1-2H3. The molecule has 0 amide bonds. The zero-order valence-electron chi connectivity index (χ0n) is 11.4. The van der Waals surface area contributed by atoms with Gasteiger partial charge in [-0.05, 0) is 23.8 Å². The van der Waals surface area contributed by atoms with Gasteiger partial charge in [-0.1, -0.05) is 30.0 Å². The van der Waals surface area contributed by atoms with E-state index in [2.05, 4.69) is 6.07 Å². The van der Waals surface area contributed by atoms with Crippen molar-refractivity contribution in [2.75, 3.05) is 14.2 Å². The number of nitriles is 1. The molecule has 0 aromatic heterocycles. The van der Waals surface area contributed by atoms with Crippen LogP contribution in [0.15, 0.2) is 52.3 Å². The molecule has 2 aromatic carbocycles. The van der Waals surface area contributed by atoms with Crippen molar-refractivity contribution >= 4 is 11.8 Å². The average Bonchev–Trinajstić information content (AvgIpc) is 2.49. The molecule has 0 atom stereocenters. The minimum atomic E-state index is 0.407. The molecule has 0 heterocycles. The number of methoxy groups -OCH3 is 2. The summed E-state index contributed by atoms with van der Waals surface area (Å²) in [5.41, 5.74) is 1.03. The van der Waals surface area contributed by atoms with Gasteiger partial charge < -0.3 is 9.47 Å². The van der Waals surface area contributed by atoms with E-state index < -0.39 is 0 Å². The normalized spacial score (nSPS) is 9.85. The molecule has 0 aliphatic rings. The number of nitrogens with zero attached hydrogens (tertiary/aromatic N) is 1. The van der Waals surface area contributed by atoms with Crippen LogP contribution >= 0.6 is 11.8 Å². The Labute approximate surface area is 123 Å². The SMILES string of the molecule is COc1cc(OC)cc(Sc2ccccc2CC#N)c1. The fourth-order valence-electron chi connectivity index (χ4n) is 1.80. The van der Waals surface area contributed by atoms with Gasteiger partial charge in [0.05, 0.1) is 26.7 Å². The van der Waals surface area contributed by atoms with Crippen LogP contribution in [0.5, 0.6) is 11.5 Å². The summed E-state index contributed by atoms with van der Waals surface area (Å²) >= 11 is 1.60. The highest BCUT2D eigenvalue weighted by Crippen LogP contribution is 2.35. The number of rotatable bonds is 5. The Bertz CT molecular complexity index is 612. The Morgan fingerprint density at radius 1 is 1.05 bits per heavy atom. The lowest BCUT2D eigenvalue weighted by Crippen LogP contribution is -1.89. The van der Waals surface area contributed by atoms with E-state index in [4.69, 9.17) is 14.7 Å². The first kappa shape index (κ1) is 14.3. The van der Waals surface area contributed by atoms with Gasteiger partial charge in [0.25, 0.3) is 0 Å². The van der Waals surface area contributed by atoms with Crippen molar-refractivity contribution in [1.29, 1.82) is 5.26 Å². The van der Waals surface area contributed by atoms with Gasteiger partial charge in [-0.3, -0.25) is 0 Å². The van der Waals surface area contributed by atoms with E-state index in [0.717, 1.165) is 26.9 Å². The first-order chi connectivity index (χ1) is 9.76. The highest BCUT2D eigenvalue weighted by atomic mass is 32.2. The van der Waals surface area contributed by atoms with Crippen LogP contribution in [0, 0.1) is 11.3 Å². The lowest BCUT2D eigenvalue weighted by atomic mass is 10.2. The predicted octanol–water partition coefficient (Wildman–Crippen LogP) is 3.92. The molecule has 0 aliphatic heterocycles. The summed E-state index contributed by atoms with van der Waals surface area (Å²) in [6.45, 7) is 0. The Morgan fingerprint density at radius 3 is 2.30 bits per heavy atom. The van der Waals surface area contributed by atoms with Crippen LogP contribution in [0.4, 0.5) is 0 Å². The van der Waals surface area contributed by atoms with E-state index in [-0.39, 0.29) is 0 Å². The van der Waals surface area contributed by atoms with Crippen molar-refractivity contribution in [3.05, 3.63) is 48.0 Å². The molecule has 3 nitrogen and oxygen atoms in total. The Balaban J connectivity index is 2.32. The second kappa shape index (κ2) is 6.88. The molecule has 2 aromatic rings. The second-order valence-corrected chi connectivity index (χ2v) is 5.21. The third-order valence-electron chi connectivity index (χ3n) is 2.79. The van der Waals surface area contributed by atoms with Crippen molar-refractivity contribution in [3.63, 3.8) is 0 Å². The predicted molar refractivity (Wildman–Crippen MR) is 79.4 cm³/mol. The fourth-order valence-corrected chi connectivity index (χ4v) is 2.82. The maximum Gasteiger partial charge on any atom is 0.123 e. The maximum atomic E-state index is 8.88. The Morgan fingerprint density at radius 2 is 1.70 bits per heavy atom. The molecule has 102 valence electrons. The minimum absolute atomic E-state index is 0.407. The number of hydrogen-bond acceptors (Lipinski definition) is 4. The Kier molecular flexibility index (Phi) is 4.91. The number of hydrogen-bond donors (Lipinski definition) is 0. The minimum Gasteiger partial charge on any atom is -0.497 e. The maximum absolute atomic E-state index is 8.88. The van der Waals surface area contributed by atoms with E-state index in [0.29, 0.717) is 6.42 Å². The van der Waals surface area contributed by atoms with E-state index in [1.807, 2.05) is 42.5 Å². The largest absolute Gasteiger partial charge is 0.497 e. The average molecular weight is 285 g/mol. The highest BCUT2D eigenvalue weighted by molar-refractivity contribution is 7.99.